The summed E-state index contributed by atoms with van der Waals surface area (Å²) in [5, 5.41) is 2.71. The van der Waals surface area contributed by atoms with Crippen LogP contribution in [0.5, 0.6) is 0 Å². The van der Waals surface area contributed by atoms with Gasteiger partial charge in [-0.15, -0.1) is 0 Å². The Kier molecular flexibility index (Phi) is 3.34. The maximum absolute atomic E-state index is 12.1. The summed E-state index contributed by atoms with van der Waals surface area (Å²) in [7, 11) is 0. The molecule has 0 aromatic carbocycles. The van der Waals surface area contributed by atoms with Gasteiger partial charge in [0.05, 0.1) is 6.67 Å². The largest absolute Gasteiger partial charge is 0.444 e. The van der Waals surface area contributed by atoms with E-state index in [1.54, 1.807) is 0 Å². The van der Waals surface area contributed by atoms with E-state index in [4.69, 9.17) is 4.74 Å². The summed E-state index contributed by atoms with van der Waals surface area (Å²) in [4.78, 5) is 11.2. The van der Waals surface area contributed by atoms with Crippen LogP contribution in [-0.2, 0) is 4.74 Å². The second kappa shape index (κ2) is 4.15. The predicted molar refractivity (Wildman–Crippen MR) is 51.9 cm³/mol. The van der Waals surface area contributed by atoms with Crippen LogP contribution in [0.15, 0.2) is 0 Å². The van der Waals surface area contributed by atoms with Gasteiger partial charge in [0.25, 0.3) is 0 Å². The van der Waals surface area contributed by atoms with Crippen LogP contribution in [0.1, 0.15) is 33.6 Å². The van der Waals surface area contributed by atoms with Crippen LogP contribution in [0.2, 0.25) is 0 Å². The summed E-state index contributed by atoms with van der Waals surface area (Å²) in [5.74, 6) is 0.134. The summed E-state index contributed by atoms with van der Waals surface area (Å²) in [6.45, 7) is 5.17. The van der Waals surface area contributed by atoms with Gasteiger partial charge in [0, 0.05) is 6.04 Å². The quantitative estimate of drug-likeness (QED) is 0.747. The highest BCUT2D eigenvalue weighted by Crippen LogP contribution is 2.27. The summed E-state index contributed by atoms with van der Waals surface area (Å²) in [5.41, 5.74) is -0.465. The molecule has 3 nitrogen and oxygen atoms in total. The Morgan fingerprint density at radius 3 is 2.50 bits per heavy atom. The lowest BCUT2D eigenvalue weighted by Gasteiger charge is -2.34. The van der Waals surface area contributed by atoms with Gasteiger partial charge in [0.15, 0.2) is 0 Å². The molecule has 82 valence electrons. The first-order chi connectivity index (χ1) is 6.40. The summed E-state index contributed by atoms with van der Waals surface area (Å²) >= 11 is 0. The second-order valence-electron chi connectivity index (χ2n) is 4.83. The predicted octanol–water partition coefficient (Wildman–Crippen LogP) is 2.26. The fourth-order valence-electron chi connectivity index (χ4n) is 1.45. The molecule has 1 amide bonds. The van der Waals surface area contributed by atoms with Gasteiger partial charge in [0.1, 0.15) is 5.60 Å². The normalized spacial score (nSPS) is 26.6. The Labute approximate surface area is 84.0 Å². The van der Waals surface area contributed by atoms with Gasteiger partial charge in [0.2, 0.25) is 0 Å². The topological polar surface area (TPSA) is 38.3 Å². The lowest BCUT2D eigenvalue weighted by molar-refractivity contribution is 0.0442. The minimum Gasteiger partial charge on any atom is -0.444 e. The first-order valence-corrected chi connectivity index (χ1v) is 4.96. The van der Waals surface area contributed by atoms with Crippen molar-refractivity contribution in [3.05, 3.63) is 0 Å². The Balaban J connectivity index is 2.17. The van der Waals surface area contributed by atoms with Crippen LogP contribution in [0, 0.1) is 5.92 Å². The molecule has 4 heteroatoms. The molecule has 1 fully saturated rings. The molecule has 0 heterocycles. The molecule has 0 radical (unpaired) electrons. The molecule has 14 heavy (non-hydrogen) atoms. The van der Waals surface area contributed by atoms with E-state index >= 15 is 0 Å². The molecule has 0 spiro atoms. The maximum atomic E-state index is 12.1. The monoisotopic (exact) mass is 203 g/mol. The molecule has 1 saturated carbocycles. The molecule has 0 bridgehead atoms. The van der Waals surface area contributed by atoms with Gasteiger partial charge in [-0.2, -0.15) is 0 Å². The minimum atomic E-state index is -0.465. The van der Waals surface area contributed by atoms with Gasteiger partial charge < -0.3 is 10.1 Å². The summed E-state index contributed by atoms with van der Waals surface area (Å²) < 4.78 is 17.1. The van der Waals surface area contributed by atoms with Crippen molar-refractivity contribution in [3.8, 4) is 0 Å². The van der Waals surface area contributed by atoms with E-state index in [1.165, 1.54) is 0 Å². The van der Waals surface area contributed by atoms with Crippen LogP contribution < -0.4 is 5.32 Å². The standard InChI is InChI=1S/C10H18FNO2/c1-10(2,3)14-9(13)12-8-4-7(5-8)6-11/h7-8H,4-6H2,1-3H3,(H,12,13). The average Bonchev–Trinajstić information content (AvgIpc) is 1.91. The van der Waals surface area contributed by atoms with Crippen molar-refractivity contribution in [3.63, 3.8) is 0 Å². The fourth-order valence-corrected chi connectivity index (χ4v) is 1.45. The van der Waals surface area contributed by atoms with Crippen molar-refractivity contribution in [2.75, 3.05) is 6.67 Å². The number of hydrogen-bond donors (Lipinski definition) is 1. The number of alkyl carbamates (subject to hydrolysis) is 1. The molecule has 1 N–H and O–H groups in total. The third kappa shape index (κ3) is 3.52. The molecule has 0 atom stereocenters. The fraction of sp³-hybridized carbons (Fsp3) is 0.900. The van der Waals surface area contributed by atoms with Crippen LogP contribution in [0.25, 0.3) is 0 Å². The van der Waals surface area contributed by atoms with Crippen molar-refractivity contribution < 1.29 is 13.9 Å². The second-order valence-corrected chi connectivity index (χ2v) is 4.83. The van der Waals surface area contributed by atoms with Crippen LogP contribution in [-0.4, -0.2) is 24.4 Å². The van der Waals surface area contributed by atoms with E-state index in [9.17, 15) is 9.18 Å². The first-order valence-electron chi connectivity index (χ1n) is 4.96. The Bertz CT molecular complexity index is 207. The minimum absolute atomic E-state index is 0.102. The highest BCUT2D eigenvalue weighted by molar-refractivity contribution is 5.68. The zero-order valence-corrected chi connectivity index (χ0v) is 8.97. The molecule has 0 unspecified atom stereocenters. The van der Waals surface area contributed by atoms with E-state index in [-0.39, 0.29) is 18.6 Å². The van der Waals surface area contributed by atoms with Crippen molar-refractivity contribution in [2.24, 2.45) is 5.92 Å². The van der Waals surface area contributed by atoms with E-state index in [2.05, 4.69) is 5.32 Å². The SMILES string of the molecule is CC(C)(C)OC(=O)NC1CC(CF)C1. The molecule has 0 aromatic rings. The molecular formula is C10H18FNO2. The van der Waals surface area contributed by atoms with Gasteiger partial charge in [-0.3, -0.25) is 4.39 Å². The van der Waals surface area contributed by atoms with Gasteiger partial charge in [-0.25, -0.2) is 4.79 Å². The van der Waals surface area contributed by atoms with Crippen molar-refractivity contribution >= 4 is 6.09 Å². The van der Waals surface area contributed by atoms with Crippen molar-refractivity contribution in [2.45, 2.75) is 45.3 Å². The number of amides is 1. The van der Waals surface area contributed by atoms with E-state index in [0.29, 0.717) is 0 Å². The highest BCUT2D eigenvalue weighted by Gasteiger charge is 2.31. The van der Waals surface area contributed by atoms with E-state index in [0.717, 1.165) is 12.8 Å². The average molecular weight is 203 g/mol. The number of nitrogens with one attached hydrogen (secondary N) is 1. The van der Waals surface area contributed by atoms with Crippen LogP contribution in [0.3, 0.4) is 0 Å². The zero-order chi connectivity index (χ0) is 10.8. The Morgan fingerprint density at radius 2 is 2.07 bits per heavy atom. The molecule has 1 rings (SSSR count). The number of rotatable bonds is 2. The van der Waals surface area contributed by atoms with E-state index in [1.807, 2.05) is 20.8 Å². The van der Waals surface area contributed by atoms with Crippen LogP contribution in [0.4, 0.5) is 9.18 Å². The molecule has 0 aromatic heterocycles. The van der Waals surface area contributed by atoms with Crippen molar-refractivity contribution in [1.82, 2.24) is 5.32 Å². The molecule has 1 aliphatic carbocycles. The molecule has 0 saturated heterocycles. The van der Waals surface area contributed by atoms with Crippen LogP contribution >= 0.6 is 0 Å². The highest BCUT2D eigenvalue weighted by atomic mass is 19.1. The molecule has 0 aliphatic heterocycles. The number of hydrogen-bond acceptors (Lipinski definition) is 2. The number of carbonyl (C=O) groups excluding carboxylic acids is 1. The third-order valence-electron chi connectivity index (χ3n) is 2.17. The lowest BCUT2D eigenvalue weighted by Crippen LogP contribution is -2.46. The number of ether oxygens (including phenoxy) is 1. The number of halogens is 1. The van der Waals surface area contributed by atoms with Gasteiger partial charge >= 0.3 is 6.09 Å². The number of alkyl halides is 1. The zero-order valence-electron chi connectivity index (χ0n) is 8.97. The summed E-state index contributed by atoms with van der Waals surface area (Å²) in [6, 6.07) is 0.102. The van der Waals surface area contributed by atoms with E-state index < -0.39 is 11.7 Å². The number of carbonyl (C=O) groups is 1. The van der Waals surface area contributed by atoms with Gasteiger partial charge in [-0.1, -0.05) is 0 Å². The lowest BCUT2D eigenvalue weighted by atomic mass is 9.81. The molecular weight excluding hydrogens is 185 g/mol. The Morgan fingerprint density at radius 1 is 1.50 bits per heavy atom. The van der Waals surface area contributed by atoms with Gasteiger partial charge in [-0.05, 0) is 39.5 Å². The maximum Gasteiger partial charge on any atom is 0.407 e. The molecule has 1 aliphatic rings. The Hall–Kier alpha value is -0.800. The smallest absolute Gasteiger partial charge is 0.407 e. The first kappa shape index (κ1) is 11.3. The summed E-state index contributed by atoms with van der Waals surface area (Å²) in [6.07, 6.45) is 1.06. The third-order valence-corrected chi connectivity index (χ3v) is 2.17. The van der Waals surface area contributed by atoms with Crippen molar-refractivity contribution in [1.29, 1.82) is 0 Å².